The number of aliphatic hydroxyl groups is 2. The average molecular weight is 216 g/mol. The summed E-state index contributed by atoms with van der Waals surface area (Å²) in [5, 5.41) is 21.8. The summed E-state index contributed by atoms with van der Waals surface area (Å²) >= 11 is 0. The van der Waals surface area contributed by atoms with E-state index in [1.165, 1.54) is 0 Å². The molecular formula is C11H24N2O2. The highest BCUT2D eigenvalue weighted by molar-refractivity contribution is 4.93. The second kappa shape index (κ2) is 6.43. The van der Waals surface area contributed by atoms with E-state index in [1.54, 1.807) is 0 Å². The fourth-order valence-electron chi connectivity index (χ4n) is 2.46. The molecule has 4 nitrogen and oxygen atoms in total. The van der Waals surface area contributed by atoms with E-state index in [1.807, 2.05) is 0 Å². The first-order valence-corrected chi connectivity index (χ1v) is 5.96. The molecule has 0 atom stereocenters. The first kappa shape index (κ1) is 12.9. The number of likely N-dealkylation sites (N-methyl/N-ethyl adjacent to an activating group) is 1. The lowest BCUT2D eigenvalue weighted by Gasteiger charge is -2.45. The summed E-state index contributed by atoms with van der Waals surface area (Å²) < 4.78 is 0. The maximum Gasteiger partial charge on any atom is 0.0616 e. The molecule has 0 unspecified atom stereocenters. The Morgan fingerprint density at radius 3 is 2.40 bits per heavy atom. The molecule has 1 aliphatic rings. The van der Waals surface area contributed by atoms with E-state index in [4.69, 9.17) is 5.11 Å². The fraction of sp³-hybridized carbons (Fsp3) is 1.00. The van der Waals surface area contributed by atoms with Crippen LogP contribution in [0.5, 0.6) is 0 Å². The Morgan fingerprint density at radius 2 is 1.93 bits per heavy atom. The van der Waals surface area contributed by atoms with Crippen molar-refractivity contribution in [2.24, 2.45) is 0 Å². The van der Waals surface area contributed by atoms with Gasteiger partial charge in [-0.25, -0.2) is 0 Å². The number of hydrogen-bond acceptors (Lipinski definition) is 4. The zero-order valence-electron chi connectivity index (χ0n) is 9.71. The molecular weight excluding hydrogens is 192 g/mol. The van der Waals surface area contributed by atoms with E-state index in [2.05, 4.69) is 17.1 Å². The Labute approximate surface area is 92.3 Å². The number of rotatable bonds is 6. The van der Waals surface area contributed by atoms with Gasteiger partial charge in [0.1, 0.15) is 0 Å². The SMILES string of the molecule is CCN(CCCO)C1(CO)CCNCC1. The number of nitrogens with one attached hydrogen (secondary N) is 1. The molecule has 1 heterocycles. The topological polar surface area (TPSA) is 55.7 Å². The van der Waals surface area contributed by atoms with Crippen molar-refractivity contribution in [2.75, 3.05) is 39.4 Å². The smallest absolute Gasteiger partial charge is 0.0616 e. The molecule has 0 spiro atoms. The largest absolute Gasteiger partial charge is 0.396 e. The monoisotopic (exact) mass is 216 g/mol. The van der Waals surface area contributed by atoms with E-state index >= 15 is 0 Å². The van der Waals surface area contributed by atoms with E-state index in [-0.39, 0.29) is 18.8 Å². The number of nitrogens with zero attached hydrogens (tertiary/aromatic N) is 1. The highest BCUT2D eigenvalue weighted by Gasteiger charge is 2.36. The van der Waals surface area contributed by atoms with Crippen LogP contribution in [0.4, 0.5) is 0 Å². The molecule has 0 aromatic carbocycles. The van der Waals surface area contributed by atoms with Gasteiger partial charge in [0.15, 0.2) is 0 Å². The van der Waals surface area contributed by atoms with Crippen molar-refractivity contribution in [1.29, 1.82) is 0 Å². The quantitative estimate of drug-likeness (QED) is 0.576. The van der Waals surface area contributed by atoms with Gasteiger partial charge in [0.2, 0.25) is 0 Å². The molecule has 0 aromatic heterocycles. The molecule has 1 aliphatic heterocycles. The Bertz CT molecular complexity index is 170. The van der Waals surface area contributed by atoms with Crippen LogP contribution in [0.25, 0.3) is 0 Å². The molecule has 1 saturated heterocycles. The number of piperidine rings is 1. The molecule has 90 valence electrons. The summed E-state index contributed by atoms with van der Waals surface area (Å²) in [4.78, 5) is 2.32. The van der Waals surface area contributed by atoms with Gasteiger partial charge in [-0.2, -0.15) is 0 Å². The molecule has 0 aliphatic carbocycles. The highest BCUT2D eigenvalue weighted by atomic mass is 16.3. The third-order valence-electron chi connectivity index (χ3n) is 3.47. The maximum atomic E-state index is 9.61. The minimum absolute atomic E-state index is 0.0465. The lowest BCUT2D eigenvalue weighted by molar-refractivity contribution is 0.00573. The number of aliphatic hydroxyl groups excluding tert-OH is 2. The molecule has 1 rings (SSSR count). The van der Waals surface area contributed by atoms with Crippen molar-refractivity contribution in [3.8, 4) is 0 Å². The molecule has 0 bridgehead atoms. The van der Waals surface area contributed by atoms with E-state index in [9.17, 15) is 5.11 Å². The van der Waals surface area contributed by atoms with Crippen LogP contribution in [0.2, 0.25) is 0 Å². The van der Waals surface area contributed by atoms with E-state index in [0.717, 1.165) is 45.4 Å². The van der Waals surface area contributed by atoms with Crippen LogP contribution < -0.4 is 5.32 Å². The standard InChI is InChI=1S/C11H24N2O2/c1-2-13(8-3-9-14)11(10-15)4-6-12-7-5-11/h12,14-15H,2-10H2,1H3. The van der Waals surface area contributed by atoms with Crippen LogP contribution in [0, 0.1) is 0 Å². The molecule has 0 aromatic rings. The van der Waals surface area contributed by atoms with Crippen molar-refractivity contribution >= 4 is 0 Å². The van der Waals surface area contributed by atoms with Gasteiger partial charge in [-0.3, -0.25) is 4.90 Å². The van der Waals surface area contributed by atoms with E-state index in [0.29, 0.717) is 0 Å². The van der Waals surface area contributed by atoms with Crippen LogP contribution in [0.15, 0.2) is 0 Å². The maximum absolute atomic E-state index is 9.61. The summed E-state index contributed by atoms with van der Waals surface area (Å²) in [6.07, 6.45) is 2.80. The first-order chi connectivity index (χ1) is 7.29. The molecule has 0 radical (unpaired) electrons. The highest BCUT2D eigenvalue weighted by Crippen LogP contribution is 2.25. The summed E-state index contributed by atoms with van der Waals surface area (Å²) in [6, 6.07) is 0. The summed E-state index contributed by atoms with van der Waals surface area (Å²) in [5.41, 5.74) is -0.0465. The van der Waals surface area contributed by atoms with Gasteiger partial charge in [0.05, 0.1) is 6.61 Å². The van der Waals surface area contributed by atoms with Crippen molar-refractivity contribution in [3.05, 3.63) is 0 Å². The van der Waals surface area contributed by atoms with E-state index < -0.39 is 0 Å². The minimum atomic E-state index is -0.0465. The Morgan fingerprint density at radius 1 is 1.27 bits per heavy atom. The normalized spacial score (nSPS) is 20.8. The lowest BCUT2D eigenvalue weighted by atomic mass is 9.87. The molecule has 1 fully saturated rings. The zero-order chi connectivity index (χ0) is 11.1. The lowest BCUT2D eigenvalue weighted by Crippen LogP contribution is -2.57. The van der Waals surface area contributed by atoms with Crippen LogP contribution in [0.3, 0.4) is 0 Å². The average Bonchev–Trinajstić information content (AvgIpc) is 2.31. The van der Waals surface area contributed by atoms with Gasteiger partial charge in [-0.15, -0.1) is 0 Å². The summed E-state index contributed by atoms with van der Waals surface area (Å²) in [7, 11) is 0. The molecule has 0 saturated carbocycles. The van der Waals surface area contributed by atoms with Crippen LogP contribution >= 0.6 is 0 Å². The first-order valence-electron chi connectivity index (χ1n) is 5.96. The zero-order valence-corrected chi connectivity index (χ0v) is 9.71. The van der Waals surface area contributed by atoms with Crippen molar-refractivity contribution < 1.29 is 10.2 Å². The van der Waals surface area contributed by atoms with Crippen LogP contribution in [0.1, 0.15) is 26.2 Å². The number of hydrogen-bond donors (Lipinski definition) is 3. The Balaban J connectivity index is 2.58. The van der Waals surface area contributed by atoms with Crippen molar-refractivity contribution in [2.45, 2.75) is 31.7 Å². The second-order valence-electron chi connectivity index (χ2n) is 4.29. The fourth-order valence-corrected chi connectivity index (χ4v) is 2.46. The molecule has 4 heteroatoms. The van der Waals surface area contributed by atoms with Gasteiger partial charge in [-0.1, -0.05) is 6.92 Å². The minimum Gasteiger partial charge on any atom is -0.396 e. The molecule has 0 amide bonds. The third kappa shape index (κ3) is 3.14. The Hall–Kier alpha value is -0.160. The van der Waals surface area contributed by atoms with Crippen molar-refractivity contribution in [1.82, 2.24) is 10.2 Å². The molecule has 15 heavy (non-hydrogen) atoms. The predicted molar refractivity (Wildman–Crippen MR) is 60.9 cm³/mol. The Kier molecular flexibility index (Phi) is 5.53. The van der Waals surface area contributed by atoms with Gasteiger partial charge < -0.3 is 15.5 Å². The predicted octanol–water partition coefficient (Wildman–Crippen LogP) is -0.195. The van der Waals surface area contributed by atoms with Gasteiger partial charge in [0, 0.05) is 18.7 Å². The van der Waals surface area contributed by atoms with Crippen LogP contribution in [-0.4, -0.2) is 60.0 Å². The second-order valence-corrected chi connectivity index (χ2v) is 4.29. The summed E-state index contributed by atoms with van der Waals surface area (Å²) in [6.45, 7) is 6.38. The summed E-state index contributed by atoms with van der Waals surface area (Å²) in [5.74, 6) is 0. The van der Waals surface area contributed by atoms with Gasteiger partial charge in [0.25, 0.3) is 0 Å². The molecule has 3 N–H and O–H groups in total. The third-order valence-corrected chi connectivity index (χ3v) is 3.47. The van der Waals surface area contributed by atoms with Gasteiger partial charge >= 0.3 is 0 Å². The van der Waals surface area contributed by atoms with Crippen molar-refractivity contribution in [3.63, 3.8) is 0 Å². The van der Waals surface area contributed by atoms with Crippen LogP contribution in [-0.2, 0) is 0 Å². The van der Waals surface area contributed by atoms with Gasteiger partial charge in [-0.05, 0) is 38.9 Å².